The van der Waals surface area contributed by atoms with E-state index in [1.54, 1.807) is 0 Å². The van der Waals surface area contributed by atoms with Crippen LogP contribution in [-0.4, -0.2) is 74.9 Å². The van der Waals surface area contributed by atoms with Crippen molar-refractivity contribution in [3.63, 3.8) is 0 Å². The van der Waals surface area contributed by atoms with Gasteiger partial charge in [-0.2, -0.15) is 0 Å². The first-order valence-electron chi connectivity index (χ1n) is 6.75. The molecule has 0 aromatic rings. The third kappa shape index (κ3) is 2.64. The van der Waals surface area contributed by atoms with Crippen LogP contribution in [0.5, 0.6) is 0 Å². The van der Waals surface area contributed by atoms with Crippen molar-refractivity contribution in [3.05, 3.63) is 0 Å². The van der Waals surface area contributed by atoms with Crippen LogP contribution in [-0.2, 0) is 4.74 Å². The number of ether oxygens (including phenoxy) is 1. The van der Waals surface area contributed by atoms with E-state index in [-0.39, 0.29) is 6.61 Å². The monoisotopic (exact) mass is 277 g/mol. The van der Waals surface area contributed by atoms with E-state index in [0.717, 1.165) is 6.42 Å². The quantitative estimate of drug-likeness (QED) is 0.337. The van der Waals surface area contributed by atoms with Gasteiger partial charge >= 0.3 is 0 Å². The molecule has 0 aromatic heterocycles. The zero-order valence-electron chi connectivity index (χ0n) is 10.9. The van der Waals surface area contributed by atoms with Crippen LogP contribution in [0.25, 0.3) is 0 Å². The third-order valence-electron chi connectivity index (χ3n) is 4.13. The van der Waals surface area contributed by atoms with Gasteiger partial charge in [-0.05, 0) is 6.42 Å². The van der Waals surface area contributed by atoms with Crippen LogP contribution in [0.15, 0.2) is 0 Å². The fourth-order valence-corrected chi connectivity index (χ4v) is 3.09. The van der Waals surface area contributed by atoms with E-state index in [9.17, 15) is 25.5 Å². The number of hydrogen-bond acceptors (Lipinski definition) is 7. The molecule has 2 saturated heterocycles. The van der Waals surface area contributed by atoms with Gasteiger partial charge in [0.05, 0.1) is 30.8 Å². The number of rotatable bonds is 4. The Kier molecular flexibility index (Phi) is 4.78. The van der Waals surface area contributed by atoms with Gasteiger partial charge < -0.3 is 35.6 Å². The lowest BCUT2D eigenvalue weighted by atomic mass is 9.82. The van der Waals surface area contributed by atoms with Crippen molar-refractivity contribution in [1.29, 1.82) is 0 Å². The predicted molar refractivity (Wildman–Crippen MR) is 65.1 cm³/mol. The first kappa shape index (κ1) is 15.1. The normalized spacial score (nSPS) is 48.0. The average molecular weight is 277 g/mol. The molecule has 0 aliphatic carbocycles. The molecule has 2 fully saturated rings. The number of aliphatic hydroxyl groups excluding tert-OH is 5. The Morgan fingerprint density at radius 3 is 2.47 bits per heavy atom. The van der Waals surface area contributed by atoms with E-state index in [0.29, 0.717) is 6.42 Å². The summed E-state index contributed by atoms with van der Waals surface area (Å²) in [4.78, 5) is 0. The number of aliphatic hydroxyl groups is 5. The minimum Gasteiger partial charge on any atom is -0.395 e. The zero-order chi connectivity index (χ0) is 14.2. The van der Waals surface area contributed by atoms with E-state index < -0.39 is 48.7 Å². The highest BCUT2D eigenvalue weighted by Crippen LogP contribution is 2.35. The summed E-state index contributed by atoms with van der Waals surface area (Å²) in [6, 6.07) is -1.19. The molecule has 2 aliphatic rings. The Balaban J connectivity index is 2.16. The smallest absolute Gasteiger partial charge is 0.162 e. The Bertz CT molecular complexity index is 304. The summed E-state index contributed by atoms with van der Waals surface area (Å²) in [5, 5.41) is 51.9. The van der Waals surface area contributed by atoms with Crippen molar-refractivity contribution in [2.24, 2.45) is 5.92 Å². The Labute approximate surface area is 111 Å². The van der Waals surface area contributed by atoms with E-state index in [1.807, 2.05) is 6.92 Å². The lowest BCUT2D eigenvalue weighted by molar-refractivity contribution is -0.167. The molecule has 0 saturated carbocycles. The molecule has 6 N–H and O–H groups in total. The van der Waals surface area contributed by atoms with E-state index in [1.165, 1.54) is 0 Å². The molecule has 7 nitrogen and oxygen atoms in total. The summed E-state index contributed by atoms with van der Waals surface area (Å²) in [5.74, 6) is -0.582. The second-order valence-electron chi connectivity index (χ2n) is 5.39. The summed E-state index contributed by atoms with van der Waals surface area (Å²) in [5.41, 5.74) is 0. The van der Waals surface area contributed by atoms with Gasteiger partial charge in [-0.15, -0.1) is 0 Å². The Hall–Kier alpha value is -0.280. The van der Waals surface area contributed by atoms with Crippen LogP contribution in [0.2, 0.25) is 0 Å². The zero-order valence-corrected chi connectivity index (χ0v) is 10.9. The molecule has 8 atom stereocenters. The number of piperidine rings is 1. The third-order valence-corrected chi connectivity index (χ3v) is 4.13. The molecule has 0 radical (unpaired) electrons. The van der Waals surface area contributed by atoms with Crippen LogP contribution < -0.4 is 5.32 Å². The fraction of sp³-hybridized carbons (Fsp3) is 1.00. The maximum absolute atomic E-state index is 10.1. The first-order valence-corrected chi connectivity index (χ1v) is 6.75. The molecule has 2 heterocycles. The molecule has 0 bridgehead atoms. The van der Waals surface area contributed by atoms with Crippen LogP contribution in [0.1, 0.15) is 19.8 Å². The van der Waals surface area contributed by atoms with E-state index in [4.69, 9.17) is 4.74 Å². The maximum atomic E-state index is 10.1. The van der Waals surface area contributed by atoms with Crippen molar-refractivity contribution < 1.29 is 30.3 Å². The predicted octanol–water partition coefficient (Wildman–Crippen LogP) is -2.46. The van der Waals surface area contributed by atoms with Crippen molar-refractivity contribution in [2.45, 2.75) is 62.6 Å². The largest absolute Gasteiger partial charge is 0.395 e. The molecule has 112 valence electrons. The maximum Gasteiger partial charge on any atom is 0.162 e. The van der Waals surface area contributed by atoms with Crippen molar-refractivity contribution >= 4 is 0 Å². The van der Waals surface area contributed by atoms with E-state index >= 15 is 0 Å². The average Bonchev–Trinajstić information content (AvgIpc) is 2.70. The van der Waals surface area contributed by atoms with Gasteiger partial charge in [0.25, 0.3) is 0 Å². The number of nitrogens with one attached hydrogen (secondary N) is 1. The molecule has 7 heteroatoms. The highest BCUT2D eigenvalue weighted by molar-refractivity contribution is 5.06. The van der Waals surface area contributed by atoms with Crippen molar-refractivity contribution in [2.75, 3.05) is 6.61 Å². The standard InChI is InChI=1S/C12H23NO6/c1-2-3-6(15)7-8-11(19-12(7)18)10(17)9(16)5(4-14)13-8/h5-18H,2-4H2,1H3/t5?,6-,7?,8?,9?,10?,11?,12?/m1/s1. The van der Waals surface area contributed by atoms with Crippen molar-refractivity contribution in [1.82, 2.24) is 5.32 Å². The SMILES string of the molecule is CCC[C@@H](O)C1C(O)OC2C(O)C(O)C(CO)NC21. The molecule has 0 amide bonds. The number of hydrogen-bond donors (Lipinski definition) is 6. The molecular weight excluding hydrogens is 254 g/mol. The Morgan fingerprint density at radius 1 is 1.21 bits per heavy atom. The minimum absolute atomic E-state index is 0.339. The molecule has 7 unspecified atom stereocenters. The van der Waals surface area contributed by atoms with Gasteiger partial charge in [0.2, 0.25) is 0 Å². The fourth-order valence-electron chi connectivity index (χ4n) is 3.09. The van der Waals surface area contributed by atoms with Crippen LogP contribution >= 0.6 is 0 Å². The van der Waals surface area contributed by atoms with Gasteiger partial charge in [-0.25, -0.2) is 0 Å². The van der Waals surface area contributed by atoms with Crippen LogP contribution in [0, 0.1) is 5.92 Å². The summed E-state index contributed by atoms with van der Waals surface area (Å²) >= 11 is 0. The number of fused-ring (bicyclic) bond motifs is 1. The summed E-state index contributed by atoms with van der Waals surface area (Å²) in [6.07, 6.45) is -3.83. The van der Waals surface area contributed by atoms with Crippen LogP contribution in [0.4, 0.5) is 0 Å². The first-order chi connectivity index (χ1) is 9.01. The topological polar surface area (TPSA) is 122 Å². The summed E-state index contributed by atoms with van der Waals surface area (Å²) in [6.45, 7) is 1.58. The van der Waals surface area contributed by atoms with Crippen molar-refractivity contribution in [3.8, 4) is 0 Å². The molecule has 2 rings (SSSR count). The van der Waals surface area contributed by atoms with E-state index in [2.05, 4.69) is 5.32 Å². The second kappa shape index (κ2) is 6.01. The second-order valence-corrected chi connectivity index (χ2v) is 5.39. The van der Waals surface area contributed by atoms with Gasteiger partial charge in [0.15, 0.2) is 6.29 Å². The molecule has 0 aromatic carbocycles. The molecular formula is C12H23NO6. The summed E-state index contributed by atoms with van der Waals surface area (Å²) in [7, 11) is 0. The highest BCUT2D eigenvalue weighted by Gasteiger charge is 2.55. The molecule has 19 heavy (non-hydrogen) atoms. The minimum atomic E-state index is -1.20. The van der Waals surface area contributed by atoms with Gasteiger partial charge in [-0.1, -0.05) is 13.3 Å². The highest BCUT2D eigenvalue weighted by atomic mass is 16.6. The van der Waals surface area contributed by atoms with Gasteiger partial charge in [0.1, 0.15) is 12.2 Å². The Morgan fingerprint density at radius 2 is 1.89 bits per heavy atom. The molecule has 0 spiro atoms. The lowest BCUT2D eigenvalue weighted by Gasteiger charge is -2.41. The lowest BCUT2D eigenvalue weighted by Crippen LogP contribution is -2.66. The van der Waals surface area contributed by atoms with Crippen LogP contribution in [0.3, 0.4) is 0 Å². The van der Waals surface area contributed by atoms with Gasteiger partial charge in [-0.3, -0.25) is 0 Å². The summed E-state index contributed by atoms with van der Waals surface area (Å²) < 4.78 is 5.26. The molecule has 2 aliphatic heterocycles. The van der Waals surface area contributed by atoms with Gasteiger partial charge in [0, 0.05) is 6.04 Å².